The number of carbonyl (C=O) groups is 1. The molecule has 0 heterocycles. The summed E-state index contributed by atoms with van der Waals surface area (Å²) in [6.45, 7) is 6.05. The molecule has 0 saturated carbocycles. The van der Waals surface area contributed by atoms with E-state index in [1.165, 1.54) is 0 Å². The normalized spacial score (nSPS) is 11.2. The molecule has 5 heteroatoms. The first kappa shape index (κ1) is 14.8. The van der Waals surface area contributed by atoms with E-state index in [0.29, 0.717) is 23.1 Å². The van der Waals surface area contributed by atoms with Gasteiger partial charge in [0.2, 0.25) is 5.91 Å². The number of ether oxygens (including phenoxy) is 1. The highest BCUT2D eigenvalue weighted by atomic mass is 35.5. The quantitative estimate of drug-likeness (QED) is 0.865. The molecule has 0 aliphatic rings. The number of rotatable bonds is 5. The average molecular weight is 271 g/mol. The highest BCUT2D eigenvalue weighted by Crippen LogP contribution is 2.27. The van der Waals surface area contributed by atoms with Gasteiger partial charge in [-0.2, -0.15) is 0 Å². The van der Waals surface area contributed by atoms with Crippen molar-refractivity contribution in [2.75, 3.05) is 19.0 Å². The predicted octanol–water partition coefficient (Wildman–Crippen LogP) is 2.68. The predicted molar refractivity (Wildman–Crippen MR) is 74.4 cm³/mol. The smallest absolute Gasteiger partial charge is 0.244 e. The summed E-state index contributed by atoms with van der Waals surface area (Å²) >= 11 is 6.05. The lowest BCUT2D eigenvalue weighted by Gasteiger charge is -2.22. The molecule has 1 amide bonds. The van der Waals surface area contributed by atoms with E-state index in [0.717, 1.165) is 0 Å². The number of benzene rings is 1. The van der Waals surface area contributed by atoms with Gasteiger partial charge in [-0.1, -0.05) is 11.6 Å². The molecule has 18 heavy (non-hydrogen) atoms. The van der Waals surface area contributed by atoms with E-state index in [1.54, 1.807) is 39.1 Å². The van der Waals surface area contributed by atoms with Crippen LogP contribution < -0.4 is 15.4 Å². The summed E-state index contributed by atoms with van der Waals surface area (Å²) < 4.78 is 5.33. The molecule has 0 saturated heterocycles. The Kier molecular flexibility index (Phi) is 4.99. The van der Waals surface area contributed by atoms with Crippen LogP contribution in [0.5, 0.6) is 5.75 Å². The number of halogens is 1. The van der Waals surface area contributed by atoms with E-state index in [2.05, 4.69) is 10.6 Å². The van der Waals surface area contributed by atoms with Gasteiger partial charge >= 0.3 is 0 Å². The van der Waals surface area contributed by atoms with Crippen LogP contribution in [0.25, 0.3) is 0 Å². The lowest BCUT2D eigenvalue weighted by molar-refractivity contribution is -0.121. The van der Waals surface area contributed by atoms with Crippen LogP contribution in [0.4, 0.5) is 5.69 Å². The third kappa shape index (κ3) is 3.62. The molecule has 0 unspecified atom stereocenters. The van der Waals surface area contributed by atoms with Crippen LogP contribution in [-0.2, 0) is 4.79 Å². The summed E-state index contributed by atoms with van der Waals surface area (Å²) in [4.78, 5) is 11.9. The molecule has 0 aliphatic carbocycles. The fraction of sp³-hybridized carbons (Fsp3) is 0.462. The van der Waals surface area contributed by atoms with E-state index < -0.39 is 5.54 Å². The largest absolute Gasteiger partial charge is 0.492 e. The summed E-state index contributed by atoms with van der Waals surface area (Å²) in [5.74, 6) is 0.496. The fourth-order valence-corrected chi connectivity index (χ4v) is 1.49. The van der Waals surface area contributed by atoms with Gasteiger partial charge in [-0.3, -0.25) is 4.79 Å². The Hall–Kier alpha value is -1.26. The van der Waals surface area contributed by atoms with Crippen molar-refractivity contribution >= 4 is 23.2 Å². The van der Waals surface area contributed by atoms with Crippen molar-refractivity contribution in [1.29, 1.82) is 0 Å². The Labute approximate surface area is 113 Å². The lowest BCUT2D eigenvalue weighted by Crippen LogP contribution is -2.47. The third-order valence-corrected chi connectivity index (χ3v) is 2.98. The van der Waals surface area contributed by atoms with Crippen molar-refractivity contribution in [1.82, 2.24) is 5.32 Å². The van der Waals surface area contributed by atoms with Crippen molar-refractivity contribution in [2.45, 2.75) is 26.3 Å². The molecule has 0 aromatic heterocycles. The van der Waals surface area contributed by atoms with Crippen molar-refractivity contribution in [2.24, 2.45) is 0 Å². The zero-order chi connectivity index (χ0) is 13.8. The van der Waals surface area contributed by atoms with Gasteiger partial charge in [0.05, 0.1) is 17.2 Å². The zero-order valence-corrected chi connectivity index (χ0v) is 11.9. The van der Waals surface area contributed by atoms with E-state index >= 15 is 0 Å². The molecule has 0 bridgehead atoms. The summed E-state index contributed by atoms with van der Waals surface area (Å²) in [5.41, 5.74) is 0.0159. The van der Waals surface area contributed by atoms with Crippen molar-refractivity contribution in [3.05, 3.63) is 23.2 Å². The van der Waals surface area contributed by atoms with E-state index in [-0.39, 0.29) is 5.91 Å². The molecule has 100 valence electrons. The topological polar surface area (TPSA) is 50.4 Å². The minimum atomic E-state index is -0.634. The molecule has 4 nitrogen and oxygen atoms in total. The van der Waals surface area contributed by atoms with Gasteiger partial charge in [-0.15, -0.1) is 0 Å². The summed E-state index contributed by atoms with van der Waals surface area (Å²) in [7, 11) is 1.74. The number of hydrogen-bond acceptors (Lipinski definition) is 3. The Morgan fingerprint density at radius 3 is 2.61 bits per heavy atom. The first-order chi connectivity index (χ1) is 8.40. The fourth-order valence-electron chi connectivity index (χ4n) is 1.25. The van der Waals surface area contributed by atoms with Crippen molar-refractivity contribution in [3.63, 3.8) is 0 Å². The lowest BCUT2D eigenvalue weighted by atomic mass is 10.1. The van der Waals surface area contributed by atoms with Crippen LogP contribution in [0.15, 0.2) is 18.2 Å². The second-order valence-electron chi connectivity index (χ2n) is 4.41. The van der Waals surface area contributed by atoms with Gasteiger partial charge in [0.15, 0.2) is 0 Å². The second-order valence-corrected chi connectivity index (χ2v) is 4.81. The summed E-state index contributed by atoms with van der Waals surface area (Å²) in [6.07, 6.45) is 0. The Balaban J connectivity index is 2.81. The Bertz CT molecular complexity index is 433. The number of hydrogen-bond donors (Lipinski definition) is 2. The first-order valence-electron chi connectivity index (χ1n) is 5.83. The minimum absolute atomic E-state index is 0.120. The maximum absolute atomic E-state index is 11.9. The SMILES string of the molecule is CCOc1ccc(NC(=O)C(C)(C)NC)cc1Cl. The van der Waals surface area contributed by atoms with E-state index in [9.17, 15) is 4.79 Å². The maximum atomic E-state index is 11.9. The second kappa shape index (κ2) is 6.07. The highest BCUT2D eigenvalue weighted by Gasteiger charge is 2.25. The summed E-state index contributed by atoms with van der Waals surface area (Å²) in [6, 6.07) is 5.19. The van der Waals surface area contributed by atoms with E-state index in [4.69, 9.17) is 16.3 Å². The van der Waals surface area contributed by atoms with Crippen LogP contribution >= 0.6 is 11.6 Å². The van der Waals surface area contributed by atoms with Crippen LogP contribution in [0.1, 0.15) is 20.8 Å². The molecule has 0 atom stereocenters. The number of likely N-dealkylation sites (N-methyl/N-ethyl adjacent to an activating group) is 1. The number of nitrogens with one attached hydrogen (secondary N) is 2. The van der Waals surface area contributed by atoms with Crippen LogP contribution in [-0.4, -0.2) is 25.1 Å². The molecule has 1 aromatic carbocycles. The van der Waals surface area contributed by atoms with Gasteiger partial charge < -0.3 is 15.4 Å². The molecule has 1 rings (SSSR count). The van der Waals surface area contributed by atoms with Gasteiger partial charge in [0.25, 0.3) is 0 Å². The zero-order valence-electron chi connectivity index (χ0n) is 11.1. The molecular weight excluding hydrogens is 252 g/mol. The molecular formula is C13H19ClN2O2. The van der Waals surface area contributed by atoms with Gasteiger partial charge in [0, 0.05) is 5.69 Å². The Morgan fingerprint density at radius 2 is 2.11 bits per heavy atom. The number of amides is 1. The van der Waals surface area contributed by atoms with E-state index in [1.807, 2.05) is 6.92 Å². The minimum Gasteiger partial charge on any atom is -0.492 e. The first-order valence-corrected chi connectivity index (χ1v) is 6.21. The van der Waals surface area contributed by atoms with Gasteiger partial charge in [-0.25, -0.2) is 0 Å². The summed E-state index contributed by atoms with van der Waals surface area (Å²) in [5, 5.41) is 6.22. The van der Waals surface area contributed by atoms with Crippen molar-refractivity contribution in [3.8, 4) is 5.75 Å². The highest BCUT2D eigenvalue weighted by molar-refractivity contribution is 6.32. The Morgan fingerprint density at radius 1 is 1.44 bits per heavy atom. The molecule has 0 aliphatic heterocycles. The third-order valence-electron chi connectivity index (χ3n) is 2.68. The molecule has 0 spiro atoms. The van der Waals surface area contributed by atoms with Gasteiger partial charge in [-0.05, 0) is 46.0 Å². The van der Waals surface area contributed by atoms with Crippen LogP contribution in [0, 0.1) is 0 Å². The monoisotopic (exact) mass is 270 g/mol. The standard InChI is InChI=1S/C13H19ClN2O2/c1-5-18-11-7-6-9(8-10(11)14)16-12(17)13(2,3)15-4/h6-8,15H,5H2,1-4H3,(H,16,17). The van der Waals surface area contributed by atoms with Gasteiger partial charge in [0.1, 0.15) is 5.75 Å². The van der Waals surface area contributed by atoms with Crippen LogP contribution in [0.3, 0.4) is 0 Å². The molecule has 0 fully saturated rings. The van der Waals surface area contributed by atoms with Crippen LogP contribution in [0.2, 0.25) is 5.02 Å². The molecule has 1 aromatic rings. The van der Waals surface area contributed by atoms with Crippen molar-refractivity contribution < 1.29 is 9.53 Å². The number of carbonyl (C=O) groups excluding carboxylic acids is 1. The maximum Gasteiger partial charge on any atom is 0.244 e. The molecule has 2 N–H and O–H groups in total. The average Bonchev–Trinajstić information content (AvgIpc) is 2.32. The molecule has 0 radical (unpaired) electrons. The number of anilines is 1.